The standard InChI is InChI=1S/C18H24N2O3/c1-5-6-9-20-12(2)14(18(19)21)11-16(20)15-10-13(22-3)7-8-17(15)23-4/h7-8,10-11H,5-6,9H2,1-4H3,(H2,19,21). The Morgan fingerprint density at radius 1 is 1.22 bits per heavy atom. The minimum atomic E-state index is -0.416. The molecule has 23 heavy (non-hydrogen) atoms. The van der Waals surface area contributed by atoms with Crippen LogP contribution in [0.1, 0.15) is 35.8 Å². The summed E-state index contributed by atoms with van der Waals surface area (Å²) in [6.45, 7) is 4.89. The van der Waals surface area contributed by atoms with E-state index in [4.69, 9.17) is 15.2 Å². The second-order valence-corrected chi connectivity index (χ2v) is 5.46. The molecule has 5 nitrogen and oxygen atoms in total. The maximum Gasteiger partial charge on any atom is 0.250 e. The third-order valence-corrected chi connectivity index (χ3v) is 4.05. The number of methoxy groups -OCH3 is 2. The molecule has 0 unspecified atom stereocenters. The minimum Gasteiger partial charge on any atom is -0.497 e. The molecule has 124 valence electrons. The quantitative estimate of drug-likeness (QED) is 0.851. The number of primary amides is 1. The fourth-order valence-corrected chi connectivity index (χ4v) is 2.74. The third kappa shape index (κ3) is 3.33. The van der Waals surface area contributed by atoms with Gasteiger partial charge < -0.3 is 19.8 Å². The van der Waals surface area contributed by atoms with E-state index in [0.717, 1.165) is 47.8 Å². The molecule has 1 aromatic heterocycles. The van der Waals surface area contributed by atoms with E-state index < -0.39 is 5.91 Å². The maximum absolute atomic E-state index is 11.7. The normalized spacial score (nSPS) is 10.6. The summed E-state index contributed by atoms with van der Waals surface area (Å²) in [7, 11) is 3.26. The number of aromatic nitrogens is 1. The number of benzene rings is 1. The van der Waals surface area contributed by atoms with Gasteiger partial charge in [-0.2, -0.15) is 0 Å². The van der Waals surface area contributed by atoms with Crippen LogP contribution in [0, 0.1) is 6.92 Å². The molecule has 0 spiro atoms. The molecule has 5 heteroatoms. The molecule has 0 saturated carbocycles. The second kappa shape index (κ2) is 7.22. The Bertz CT molecular complexity index is 705. The number of nitrogens with two attached hydrogens (primary N) is 1. The Morgan fingerprint density at radius 2 is 1.96 bits per heavy atom. The molecule has 0 aliphatic carbocycles. The zero-order valence-electron chi connectivity index (χ0n) is 14.2. The van der Waals surface area contributed by atoms with E-state index in [1.165, 1.54) is 0 Å². The molecule has 2 aromatic rings. The van der Waals surface area contributed by atoms with Gasteiger partial charge in [0, 0.05) is 17.8 Å². The molecular formula is C18H24N2O3. The number of nitrogens with zero attached hydrogens (tertiary/aromatic N) is 1. The zero-order valence-corrected chi connectivity index (χ0v) is 14.2. The molecule has 1 aromatic carbocycles. The van der Waals surface area contributed by atoms with Gasteiger partial charge in [0.15, 0.2) is 0 Å². The van der Waals surface area contributed by atoms with Gasteiger partial charge in [0.05, 0.1) is 25.5 Å². The predicted octanol–water partition coefficient (Wildman–Crippen LogP) is 3.38. The average molecular weight is 316 g/mol. The van der Waals surface area contributed by atoms with Crippen molar-refractivity contribution in [2.75, 3.05) is 14.2 Å². The van der Waals surface area contributed by atoms with Gasteiger partial charge in [-0.05, 0) is 37.6 Å². The Morgan fingerprint density at radius 3 is 2.52 bits per heavy atom. The molecule has 1 amide bonds. The number of rotatable bonds is 7. The lowest BCUT2D eigenvalue weighted by Gasteiger charge is -2.15. The van der Waals surface area contributed by atoms with Gasteiger partial charge in [0.25, 0.3) is 5.91 Å². The average Bonchev–Trinajstić information content (AvgIpc) is 2.89. The van der Waals surface area contributed by atoms with Crippen LogP contribution in [0.5, 0.6) is 11.5 Å². The molecule has 1 heterocycles. The van der Waals surface area contributed by atoms with E-state index >= 15 is 0 Å². The van der Waals surface area contributed by atoms with Gasteiger partial charge in [-0.3, -0.25) is 4.79 Å². The summed E-state index contributed by atoms with van der Waals surface area (Å²) in [6.07, 6.45) is 2.09. The summed E-state index contributed by atoms with van der Waals surface area (Å²) in [5.74, 6) is 1.06. The molecule has 0 atom stereocenters. The van der Waals surface area contributed by atoms with Crippen LogP contribution in [-0.2, 0) is 6.54 Å². The highest BCUT2D eigenvalue weighted by Crippen LogP contribution is 2.36. The van der Waals surface area contributed by atoms with E-state index in [0.29, 0.717) is 5.56 Å². The van der Waals surface area contributed by atoms with Crippen molar-refractivity contribution in [1.29, 1.82) is 0 Å². The van der Waals surface area contributed by atoms with Crippen LogP contribution in [0.2, 0.25) is 0 Å². The van der Waals surface area contributed by atoms with E-state index in [1.807, 2.05) is 31.2 Å². The van der Waals surface area contributed by atoms with E-state index in [1.54, 1.807) is 14.2 Å². The summed E-state index contributed by atoms with van der Waals surface area (Å²) in [5.41, 5.74) is 8.75. The molecule has 2 rings (SSSR count). The van der Waals surface area contributed by atoms with E-state index in [9.17, 15) is 4.79 Å². The highest BCUT2D eigenvalue weighted by molar-refractivity contribution is 5.96. The second-order valence-electron chi connectivity index (χ2n) is 5.46. The molecule has 0 saturated heterocycles. The van der Waals surface area contributed by atoms with Crippen molar-refractivity contribution in [3.63, 3.8) is 0 Å². The number of unbranched alkanes of at least 4 members (excludes halogenated alkanes) is 1. The monoisotopic (exact) mass is 316 g/mol. The molecule has 0 radical (unpaired) electrons. The molecule has 0 fully saturated rings. The predicted molar refractivity (Wildman–Crippen MR) is 91.1 cm³/mol. The number of carbonyl (C=O) groups excluding carboxylic acids is 1. The Hall–Kier alpha value is -2.43. The van der Waals surface area contributed by atoms with Crippen LogP contribution in [0.4, 0.5) is 0 Å². The third-order valence-electron chi connectivity index (χ3n) is 4.05. The lowest BCUT2D eigenvalue weighted by molar-refractivity contribution is 0.0999. The number of carbonyl (C=O) groups is 1. The Labute approximate surface area is 137 Å². The molecule has 0 aliphatic rings. The van der Waals surface area contributed by atoms with Crippen LogP contribution in [0.3, 0.4) is 0 Å². The first kappa shape index (κ1) is 16.9. The lowest BCUT2D eigenvalue weighted by Crippen LogP contribution is -2.12. The van der Waals surface area contributed by atoms with Crippen molar-refractivity contribution in [2.24, 2.45) is 5.73 Å². The molecule has 2 N–H and O–H groups in total. The minimum absolute atomic E-state index is 0.416. The van der Waals surface area contributed by atoms with Gasteiger partial charge in [-0.1, -0.05) is 13.3 Å². The van der Waals surface area contributed by atoms with Crippen molar-refractivity contribution >= 4 is 5.91 Å². The lowest BCUT2D eigenvalue weighted by atomic mass is 10.1. The molecule has 0 aliphatic heterocycles. The highest BCUT2D eigenvalue weighted by Gasteiger charge is 2.19. The van der Waals surface area contributed by atoms with Gasteiger partial charge in [-0.15, -0.1) is 0 Å². The number of ether oxygens (including phenoxy) is 2. The van der Waals surface area contributed by atoms with Crippen LogP contribution >= 0.6 is 0 Å². The van der Waals surface area contributed by atoms with Crippen LogP contribution in [0.25, 0.3) is 11.3 Å². The van der Waals surface area contributed by atoms with Crippen molar-refractivity contribution in [2.45, 2.75) is 33.2 Å². The van der Waals surface area contributed by atoms with Gasteiger partial charge in [0.2, 0.25) is 0 Å². The summed E-state index contributed by atoms with van der Waals surface area (Å²) in [6, 6.07) is 7.47. The van der Waals surface area contributed by atoms with Gasteiger partial charge in [-0.25, -0.2) is 0 Å². The Kier molecular flexibility index (Phi) is 5.32. The number of hydrogen-bond acceptors (Lipinski definition) is 3. The van der Waals surface area contributed by atoms with Gasteiger partial charge in [0.1, 0.15) is 11.5 Å². The van der Waals surface area contributed by atoms with Gasteiger partial charge >= 0.3 is 0 Å². The summed E-state index contributed by atoms with van der Waals surface area (Å²) in [5, 5.41) is 0. The van der Waals surface area contributed by atoms with E-state index in [2.05, 4.69) is 11.5 Å². The molecular weight excluding hydrogens is 292 g/mol. The van der Waals surface area contributed by atoms with Crippen LogP contribution < -0.4 is 15.2 Å². The van der Waals surface area contributed by atoms with Crippen molar-refractivity contribution in [3.8, 4) is 22.8 Å². The SMILES string of the molecule is CCCCn1c(-c2cc(OC)ccc2OC)cc(C(N)=O)c1C. The summed E-state index contributed by atoms with van der Waals surface area (Å²) in [4.78, 5) is 11.7. The topological polar surface area (TPSA) is 66.5 Å². The summed E-state index contributed by atoms with van der Waals surface area (Å²) < 4.78 is 12.9. The van der Waals surface area contributed by atoms with Crippen molar-refractivity contribution in [3.05, 3.63) is 35.5 Å². The van der Waals surface area contributed by atoms with E-state index in [-0.39, 0.29) is 0 Å². The highest BCUT2D eigenvalue weighted by atomic mass is 16.5. The fourth-order valence-electron chi connectivity index (χ4n) is 2.74. The zero-order chi connectivity index (χ0) is 17.0. The first-order valence-electron chi connectivity index (χ1n) is 7.75. The number of amides is 1. The first-order chi connectivity index (χ1) is 11.0. The Balaban J connectivity index is 2.66. The van der Waals surface area contributed by atoms with Crippen molar-refractivity contribution < 1.29 is 14.3 Å². The van der Waals surface area contributed by atoms with Crippen LogP contribution in [0.15, 0.2) is 24.3 Å². The smallest absolute Gasteiger partial charge is 0.250 e. The fraction of sp³-hybridized carbons (Fsp3) is 0.389. The first-order valence-corrected chi connectivity index (χ1v) is 7.75. The van der Waals surface area contributed by atoms with Crippen molar-refractivity contribution in [1.82, 2.24) is 4.57 Å². The number of hydrogen-bond donors (Lipinski definition) is 1. The largest absolute Gasteiger partial charge is 0.497 e. The maximum atomic E-state index is 11.7. The van der Waals surface area contributed by atoms with Crippen LogP contribution in [-0.4, -0.2) is 24.7 Å². The molecule has 0 bridgehead atoms. The summed E-state index contributed by atoms with van der Waals surface area (Å²) >= 11 is 0.